The van der Waals surface area contributed by atoms with Crippen LogP contribution in [0.5, 0.6) is 0 Å². The molecule has 55 heavy (non-hydrogen) atoms. The zero-order valence-corrected chi connectivity index (χ0v) is 37.5. The molecule has 0 rings (SSSR count). The highest BCUT2D eigenvalue weighted by molar-refractivity contribution is 7.45. The van der Waals surface area contributed by atoms with Crippen LogP contribution in [0.25, 0.3) is 0 Å². The highest BCUT2D eigenvalue weighted by Gasteiger charge is 2.20. The third kappa shape index (κ3) is 43.7. The van der Waals surface area contributed by atoms with Crippen molar-refractivity contribution < 1.29 is 37.3 Å². The number of nitrogens with zero attached hydrogens (tertiary/aromatic N) is 1. The van der Waals surface area contributed by atoms with Crippen LogP contribution in [0.3, 0.4) is 0 Å². The van der Waals surface area contributed by atoms with Gasteiger partial charge in [-0.3, -0.25) is 9.36 Å². The molecule has 324 valence electrons. The van der Waals surface area contributed by atoms with Crippen molar-refractivity contribution >= 4 is 13.8 Å². The third-order valence-electron chi connectivity index (χ3n) is 9.66. The average Bonchev–Trinajstić information content (AvgIpc) is 3.13. The quantitative estimate of drug-likeness (QED) is 0.0200. The predicted octanol–water partition coefficient (Wildman–Crippen LogP) is 12.8. The number of quaternary nitrogens is 1. The Labute approximate surface area is 340 Å². The molecule has 0 fully saturated rings. The molecule has 0 bridgehead atoms. The lowest BCUT2D eigenvalue weighted by atomic mass is 10.1. The van der Waals surface area contributed by atoms with Crippen LogP contribution in [-0.2, 0) is 27.9 Å². The van der Waals surface area contributed by atoms with E-state index in [1.165, 1.54) is 122 Å². The number of allylic oxidation sites excluding steroid dienone is 6. The van der Waals surface area contributed by atoms with Crippen molar-refractivity contribution in [3.63, 3.8) is 0 Å². The maximum Gasteiger partial charge on any atom is 0.306 e. The Balaban J connectivity index is 4.24. The van der Waals surface area contributed by atoms with Crippen LogP contribution < -0.4 is 4.89 Å². The molecule has 2 unspecified atom stereocenters. The monoisotopic (exact) mass is 798 g/mol. The average molecular weight is 798 g/mol. The van der Waals surface area contributed by atoms with Crippen molar-refractivity contribution in [1.82, 2.24) is 0 Å². The number of hydrogen-bond donors (Lipinski definition) is 0. The van der Waals surface area contributed by atoms with E-state index in [1.54, 1.807) is 0 Å². The Bertz CT molecular complexity index is 978. The number of unbranched alkanes of at least 4 members (excludes halogenated alkanes) is 22. The van der Waals surface area contributed by atoms with Crippen LogP contribution in [0.2, 0.25) is 0 Å². The van der Waals surface area contributed by atoms with Gasteiger partial charge in [0.05, 0.1) is 34.4 Å². The molecule has 0 N–H and O–H groups in total. The summed E-state index contributed by atoms with van der Waals surface area (Å²) in [6.45, 7) is 5.36. The smallest absolute Gasteiger partial charge is 0.306 e. The SMILES string of the molecule is CCCCC/C=C\C/C=C\CCCCCCCCOCC(COP(=O)([O-])OCC[N+](C)(C)C)OC(=O)CCCCCCCCC/C=C\CCCCCCCC. The maximum atomic E-state index is 12.7. The van der Waals surface area contributed by atoms with Gasteiger partial charge in [0, 0.05) is 13.0 Å². The number of hydrogen-bond acceptors (Lipinski definition) is 7. The molecular formula is C46H88NO7P. The molecule has 0 aliphatic heterocycles. The molecule has 0 saturated carbocycles. The van der Waals surface area contributed by atoms with E-state index in [1.807, 2.05) is 21.1 Å². The number of ether oxygens (including phenoxy) is 2. The molecule has 2 atom stereocenters. The molecule has 0 heterocycles. The zero-order valence-electron chi connectivity index (χ0n) is 36.6. The summed E-state index contributed by atoms with van der Waals surface area (Å²) in [4.78, 5) is 25.1. The van der Waals surface area contributed by atoms with E-state index in [0.29, 0.717) is 24.1 Å². The van der Waals surface area contributed by atoms with Crippen LogP contribution >= 0.6 is 7.82 Å². The van der Waals surface area contributed by atoms with Gasteiger partial charge in [0.1, 0.15) is 19.3 Å². The maximum absolute atomic E-state index is 12.7. The minimum atomic E-state index is -4.53. The van der Waals surface area contributed by atoms with Gasteiger partial charge in [-0.2, -0.15) is 0 Å². The fourth-order valence-electron chi connectivity index (χ4n) is 6.10. The van der Waals surface area contributed by atoms with Crippen LogP contribution in [0, 0.1) is 0 Å². The van der Waals surface area contributed by atoms with Gasteiger partial charge in [0.15, 0.2) is 0 Å². The number of phosphoric acid groups is 1. The number of phosphoric ester groups is 1. The molecule has 0 aromatic heterocycles. The Morgan fingerprint density at radius 1 is 0.564 bits per heavy atom. The summed E-state index contributed by atoms with van der Waals surface area (Å²) >= 11 is 0. The Morgan fingerprint density at radius 3 is 1.53 bits per heavy atom. The molecule has 0 aromatic carbocycles. The van der Waals surface area contributed by atoms with Gasteiger partial charge in [-0.1, -0.05) is 153 Å². The summed E-state index contributed by atoms with van der Waals surface area (Å²) in [6, 6.07) is 0. The lowest BCUT2D eigenvalue weighted by molar-refractivity contribution is -0.870. The first-order valence-electron chi connectivity index (χ1n) is 22.7. The van der Waals surface area contributed by atoms with Crippen LogP contribution in [0.15, 0.2) is 36.5 Å². The van der Waals surface area contributed by atoms with Crippen molar-refractivity contribution in [3.05, 3.63) is 36.5 Å². The molecule has 0 aliphatic rings. The first kappa shape index (κ1) is 53.7. The Morgan fingerprint density at radius 2 is 1.00 bits per heavy atom. The first-order chi connectivity index (χ1) is 26.6. The molecule has 0 aliphatic carbocycles. The lowest BCUT2D eigenvalue weighted by Gasteiger charge is -2.28. The van der Waals surface area contributed by atoms with Crippen molar-refractivity contribution in [1.29, 1.82) is 0 Å². The zero-order chi connectivity index (χ0) is 40.6. The number of carbonyl (C=O) groups is 1. The summed E-state index contributed by atoms with van der Waals surface area (Å²) in [5.41, 5.74) is 0. The summed E-state index contributed by atoms with van der Waals surface area (Å²) in [6.07, 6.45) is 45.8. The summed E-state index contributed by atoms with van der Waals surface area (Å²) < 4.78 is 34.6. The summed E-state index contributed by atoms with van der Waals surface area (Å²) in [7, 11) is 1.35. The van der Waals surface area contributed by atoms with Gasteiger partial charge in [-0.05, 0) is 70.6 Å². The van der Waals surface area contributed by atoms with Crippen LogP contribution in [0.4, 0.5) is 0 Å². The van der Waals surface area contributed by atoms with E-state index in [4.69, 9.17) is 18.5 Å². The summed E-state index contributed by atoms with van der Waals surface area (Å²) in [5.74, 6) is -0.342. The molecule has 0 spiro atoms. The number of esters is 1. The van der Waals surface area contributed by atoms with Crippen molar-refractivity contribution in [2.24, 2.45) is 0 Å². The summed E-state index contributed by atoms with van der Waals surface area (Å²) in [5, 5.41) is 0. The van der Waals surface area contributed by atoms with Gasteiger partial charge < -0.3 is 27.9 Å². The largest absolute Gasteiger partial charge is 0.756 e. The van der Waals surface area contributed by atoms with E-state index >= 15 is 0 Å². The van der Waals surface area contributed by atoms with E-state index in [-0.39, 0.29) is 25.8 Å². The van der Waals surface area contributed by atoms with E-state index in [0.717, 1.165) is 51.4 Å². The van der Waals surface area contributed by atoms with Crippen molar-refractivity contribution in [2.75, 3.05) is 54.1 Å². The molecule has 0 radical (unpaired) electrons. The number of likely N-dealkylation sites (N-methyl/N-ethyl adjacent to an activating group) is 1. The fraction of sp³-hybridized carbons (Fsp3) is 0.848. The van der Waals surface area contributed by atoms with Gasteiger partial charge in [0.2, 0.25) is 0 Å². The molecular weight excluding hydrogens is 709 g/mol. The van der Waals surface area contributed by atoms with Crippen LogP contribution in [0.1, 0.15) is 194 Å². The van der Waals surface area contributed by atoms with E-state index < -0.39 is 13.9 Å². The number of rotatable bonds is 42. The Hall–Kier alpha value is -1.28. The normalized spacial score (nSPS) is 14.1. The van der Waals surface area contributed by atoms with Gasteiger partial charge >= 0.3 is 5.97 Å². The predicted molar refractivity (Wildman–Crippen MR) is 231 cm³/mol. The molecule has 0 aromatic rings. The molecule has 0 saturated heterocycles. The fourth-order valence-corrected chi connectivity index (χ4v) is 6.83. The highest BCUT2D eigenvalue weighted by atomic mass is 31.2. The second kappa shape index (κ2) is 39.5. The van der Waals surface area contributed by atoms with Crippen LogP contribution in [-0.4, -0.2) is 70.7 Å². The second-order valence-electron chi connectivity index (χ2n) is 16.4. The highest BCUT2D eigenvalue weighted by Crippen LogP contribution is 2.38. The second-order valence-corrected chi connectivity index (χ2v) is 17.8. The standard InChI is InChI=1S/C46H88NO7P/c1-6-8-10-12-14-16-18-20-22-24-25-27-29-31-33-35-37-39-46(48)54-45(44-53-55(49,50)52-42-40-47(3,4)5)43-51-41-38-36-34-32-30-28-26-23-21-19-17-15-13-11-9-7-2/h15,17,20-23,45H,6-14,16,18-19,24-44H2,1-5H3/b17-15-,22-20-,23-21-. The van der Waals surface area contributed by atoms with Crippen molar-refractivity contribution in [3.8, 4) is 0 Å². The minimum absolute atomic E-state index is 0.0230. The van der Waals surface area contributed by atoms with E-state index in [9.17, 15) is 14.3 Å². The Kier molecular flexibility index (Phi) is 38.6. The van der Waals surface area contributed by atoms with Gasteiger partial charge in [-0.25, -0.2) is 0 Å². The van der Waals surface area contributed by atoms with Gasteiger partial charge in [-0.15, -0.1) is 0 Å². The molecule has 9 heteroatoms. The number of carbonyl (C=O) groups excluding carboxylic acids is 1. The molecule has 0 amide bonds. The lowest BCUT2D eigenvalue weighted by Crippen LogP contribution is -2.37. The third-order valence-corrected chi connectivity index (χ3v) is 10.6. The minimum Gasteiger partial charge on any atom is -0.756 e. The molecule has 8 nitrogen and oxygen atoms in total. The first-order valence-corrected chi connectivity index (χ1v) is 24.2. The van der Waals surface area contributed by atoms with Gasteiger partial charge in [0.25, 0.3) is 7.82 Å². The topological polar surface area (TPSA) is 94.1 Å². The van der Waals surface area contributed by atoms with E-state index in [2.05, 4.69) is 50.3 Å². The van der Waals surface area contributed by atoms with Crippen molar-refractivity contribution in [2.45, 2.75) is 200 Å².